The van der Waals surface area contributed by atoms with Crippen molar-refractivity contribution in [2.24, 2.45) is 0 Å². The molecule has 1 amide bonds. The van der Waals surface area contributed by atoms with E-state index in [1.54, 1.807) is 0 Å². The summed E-state index contributed by atoms with van der Waals surface area (Å²) in [6, 6.07) is 0. The first kappa shape index (κ1) is 10.5. The molecule has 0 spiro atoms. The van der Waals surface area contributed by atoms with Gasteiger partial charge in [-0.2, -0.15) is 5.10 Å². The van der Waals surface area contributed by atoms with Crippen molar-refractivity contribution in [1.29, 1.82) is 0 Å². The number of hydrogen-bond donors (Lipinski definition) is 4. The normalized spacial score (nSPS) is 12.4. The van der Waals surface area contributed by atoms with Gasteiger partial charge in [0.1, 0.15) is 5.69 Å². The molecule has 6 nitrogen and oxygen atoms in total. The van der Waals surface area contributed by atoms with Crippen LogP contribution in [-0.4, -0.2) is 33.9 Å². The highest BCUT2D eigenvalue weighted by Crippen LogP contribution is 2.04. The van der Waals surface area contributed by atoms with E-state index in [0.29, 0.717) is 12.1 Å². The highest BCUT2D eigenvalue weighted by atomic mass is 16.3. The Bertz CT molecular complexity index is 310. The Labute approximate surface area is 81.5 Å². The van der Waals surface area contributed by atoms with Crippen LogP contribution < -0.4 is 11.1 Å². The molecule has 1 aromatic rings. The van der Waals surface area contributed by atoms with Crippen LogP contribution in [0.3, 0.4) is 0 Å². The second-order valence-corrected chi connectivity index (χ2v) is 2.97. The predicted molar refractivity (Wildman–Crippen MR) is 51.6 cm³/mol. The van der Waals surface area contributed by atoms with E-state index in [1.807, 2.05) is 6.92 Å². The Kier molecular flexibility index (Phi) is 3.47. The molecular weight excluding hydrogens is 184 g/mol. The van der Waals surface area contributed by atoms with Crippen LogP contribution in [0.4, 0.5) is 5.69 Å². The molecule has 14 heavy (non-hydrogen) atoms. The number of nitrogen functional groups attached to an aromatic ring is 1. The monoisotopic (exact) mass is 198 g/mol. The number of nitrogens with one attached hydrogen (secondary N) is 2. The number of aliphatic hydroxyl groups excluding tert-OH is 1. The third-order valence-corrected chi connectivity index (χ3v) is 1.87. The van der Waals surface area contributed by atoms with Crippen LogP contribution in [0.15, 0.2) is 6.20 Å². The predicted octanol–water partition coefficient (Wildman–Crippen LogP) is -0.507. The van der Waals surface area contributed by atoms with E-state index < -0.39 is 6.10 Å². The fourth-order valence-corrected chi connectivity index (χ4v) is 0.921. The van der Waals surface area contributed by atoms with Gasteiger partial charge in [-0.25, -0.2) is 0 Å². The Morgan fingerprint density at radius 1 is 1.86 bits per heavy atom. The third-order valence-electron chi connectivity index (χ3n) is 1.87. The molecule has 78 valence electrons. The molecule has 5 N–H and O–H groups in total. The van der Waals surface area contributed by atoms with Crippen LogP contribution >= 0.6 is 0 Å². The van der Waals surface area contributed by atoms with Gasteiger partial charge in [0, 0.05) is 6.54 Å². The maximum absolute atomic E-state index is 11.4. The summed E-state index contributed by atoms with van der Waals surface area (Å²) < 4.78 is 0. The molecule has 0 aliphatic carbocycles. The number of carbonyl (C=O) groups is 1. The molecule has 0 bridgehead atoms. The number of amides is 1. The number of anilines is 1. The summed E-state index contributed by atoms with van der Waals surface area (Å²) in [6.07, 6.45) is 1.44. The zero-order chi connectivity index (χ0) is 10.6. The number of carbonyl (C=O) groups excluding carboxylic acids is 1. The summed E-state index contributed by atoms with van der Waals surface area (Å²) in [7, 11) is 0. The van der Waals surface area contributed by atoms with Crippen LogP contribution in [0.1, 0.15) is 23.8 Å². The van der Waals surface area contributed by atoms with Crippen molar-refractivity contribution in [3.8, 4) is 0 Å². The fraction of sp³-hybridized carbons (Fsp3) is 0.500. The zero-order valence-electron chi connectivity index (χ0n) is 7.95. The molecule has 1 unspecified atom stereocenters. The van der Waals surface area contributed by atoms with Gasteiger partial charge < -0.3 is 16.2 Å². The van der Waals surface area contributed by atoms with Crippen LogP contribution in [0, 0.1) is 0 Å². The van der Waals surface area contributed by atoms with Crippen molar-refractivity contribution >= 4 is 11.6 Å². The van der Waals surface area contributed by atoms with E-state index in [4.69, 9.17) is 5.73 Å². The first-order chi connectivity index (χ1) is 6.65. The summed E-state index contributed by atoms with van der Waals surface area (Å²) in [4.78, 5) is 11.4. The maximum atomic E-state index is 11.4. The van der Waals surface area contributed by atoms with Crippen LogP contribution in [0.5, 0.6) is 0 Å². The molecule has 0 aliphatic rings. The minimum absolute atomic E-state index is 0.216. The van der Waals surface area contributed by atoms with Gasteiger partial charge in [-0.15, -0.1) is 0 Å². The lowest BCUT2D eigenvalue weighted by molar-refractivity contribution is 0.0910. The molecule has 0 aromatic carbocycles. The number of rotatable bonds is 4. The van der Waals surface area contributed by atoms with Crippen molar-refractivity contribution in [3.63, 3.8) is 0 Å². The highest BCUT2D eigenvalue weighted by molar-refractivity contribution is 5.96. The van der Waals surface area contributed by atoms with Gasteiger partial charge in [-0.05, 0) is 6.42 Å². The van der Waals surface area contributed by atoms with Gasteiger partial charge in [-0.3, -0.25) is 9.89 Å². The summed E-state index contributed by atoms with van der Waals surface area (Å²) >= 11 is 0. The van der Waals surface area contributed by atoms with Crippen molar-refractivity contribution in [2.45, 2.75) is 19.4 Å². The summed E-state index contributed by atoms with van der Waals surface area (Å²) in [5.74, 6) is -0.354. The van der Waals surface area contributed by atoms with E-state index in [2.05, 4.69) is 15.5 Å². The van der Waals surface area contributed by atoms with Crippen molar-refractivity contribution in [3.05, 3.63) is 11.9 Å². The number of aromatic amines is 1. The third kappa shape index (κ3) is 2.46. The van der Waals surface area contributed by atoms with Gasteiger partial charge in [0.2, 0.25) is 0 Å². The van der Waals surface area contributed by atoms with Crippen molar-refractivity contribution < 1.29 is 9.90 Å². The Balaban J connectivity index is 2.47. The lowest BCUT2D eigenvalue weighted by Gasteiger charge is -2.08. The van der Waals surface area contributed by atoms with E-state index in [1.165, 1.54) is 6.20 Å². The minimum atomic E-state index is -0.525. The molecular formula is C8H14N4O2. The number of nitrogens with zero attached hydrogens (tertiary/aromatic N) is 1. The average molecular weight is 198 g/mol. The Morgan fingerprint density at radius 2 is 2.57 bits per heavy atom. The molecule has 0 radical (unpaired) electrons. The number of nitrogens with two attached hydrogens (primary N) is 1. The molecule has 0 saturated heterocycles. The van der Waals surface area contributed by atoms with Crippen LogP contribution in [0.25, 0.3) is 0 Å². The fourth-order valence-electron chi connectivity index (χ4n) is 0.921. The Hall–Kier alpha value is -1.56. The van der Waals surface area contributed by atoms with E-state index in [9.17, 15) is 9.90 Å². The molecule has 1 heterocycles. The number of H-pyrrole nitrogens is 1. The van der Waals surface area contributed by atoms with Gasteiger partial charge in [0.05, 0.1) is 18.0 Å². The first-order valence-electron chi connectivity index (χ1n) is 4.40. The van der Waals surface area contributed by atoms with Crippen molar-refractivity contribution in [1.82, 2.24) is 15.5 Å². The molecule has 0 aliphatic heterocycles. The number of aromatic nitrogens is 2. The van der Waals surface area contributed by atoms with E-state index in [0.717, 1.165) is 0 Å². The van der Waals surface area contributed by atoms with E-state index >= 15 is 0 Å². The second kappa shape index (κ2) is 4.61. The zero-order valence-corrected chi connectivity index (χ0v) is 7.95. The smallest absolute Gasteiger partial charge is 0.271 e. The Morgan fingerprint density at radius 3 is 3.07 bits per heavy atom. The highest BCUT2D eigenvalue weighted by Gasteiger charge is 2.12. The second-order valence-electron chi connectivity index (χ2n) is 2.97. The minimum Gasteiger partial charge on any atom is -0.396 e. The van der Waals surface area contributed by atoms with Gasteiger partial charge in [-0.1, -0.05) is 6.92 Å². The molecule has 0 fully saturated rings. The first-order valence-corrected chi connectivity index (χ1v) is 4.40. The topological polar surface area (TPSA) is 104 Å². The number of hydrogen-bond acceptors (Lipinski definition) is 4. The van der Waals surface area contributed by atoms with Gasteiger partial charge in [0.15, 0.2) is 0 Å². The maximum Gasteiger partial charge on any atom is 0.271 e. The molecule has 1 rings (SSSR count). The molecule has 1 aromatic heterocycles. The number of aliphatic hydroxyl groups is 1. The molecule has 6 heteroatoms. The standard InChI is InChI=1S/C8H14N4O2/c1-2-5(13)3-10-8(14)7-6(9)4-11-12-7/h4-5,13H,2-3,9H2,1H3,(H,10,14)(H,11,12). The van der Waals surface area contributed by atoms with Gasteiger partial charge >= 0.3 is 0 Å². The SMILES string of the molecule is CCC(O)CNC(=O)c1[nH]ncc1N. The molecule has 1 atom stereocenters. The summed E-state index contributed by atoms with van der Waals surface area (Å²) in [6.45, 7) is 2.05. The average Bonchev–Trinajstić information content (AvgIpc) is 2.60. The van der Waals surface area contributed by atoms with Gasteiger partial charge in [0.25, 0.3) is 5.91 Å². The lowest BCUT2D eigenvalue weighted by Crippen LogP contribution is -2.32. The van der Waals surface area contributed by atoms with E-state index in [-0.39, 0.29) is 18.1 Å². The van der Waals surface area contributed by atoms with Crippen LogP contribution in [-0.2, 0) is 0 Å². The quantitative estimate of drug-likeness (QED) is 0.523. The summed E-state index contributed by atoms with van der Waals surface area (Å²) in [5, 5.41) is 17.8. The van der Waals surface area contributed by atoms with Crippen LogP contribution in [0.2, 0.25) is 0 Å². The van der Waals surface area contributed by atoms with Crippen molar-refractivity contribution in [2.75, 3.05) is 12.3 Å². The largest absolute Gasteiger partial charge is 0.396 e. The summed E-state index contributed by atoms with van der Waals surface area (Å²) in [5.41, 5.74) is 5.99. The lowest BCUT2D eigenvalue weighted by atomic mass is 10.2. The molecule has 0 saturated carbocycles.